The van der Waals surface area contributed by atoms with Crippen LogP contribution in [-0.4, -0.2) is 24.9 Å². The molecule has 2 amide bonds. The van der Waals surface area contributed by atoms with E-state index in [9.17, 15) is 9.59 Å². The summed E-state index contributed by atoms with van der Waals surface area (Å²) in [6, 6.07) is 8.22. The number of hydrazine groups is 1. The Hall–Kier alpha value is -2.04. The molecule has 1 aromatic rings. The van der Waals surface area contributed by atoms with E-state index in [1.54, 1.807) is 0 Å². The molecule has 0 unspecified atom stereocenters. The second-order valence-electron chi connectivity index (χ2n) is 7.65. The maximum absolute atomic E-state index is 12.2. The Morgan fingerprint density at radius 1 is 1.00 bits per heavy atom. The van der Waals surface area contributed by atoms with Crippen LogP contribution in [-0.2, 0) is 16.0 Å². The largest absolute Gasteiger partial charge is 0.362 e. The van der Waals surface area contributed by atoms with Crippen molar-refractivity contribution in [3.8, 4) is 0 Å². The van der Waals surface area contributed by atoms with Gasteiger partial charge < -0.3 is 4.90 Å². The lowest BCUT2D eigenvalue weighted by molar-refractivity contribution is -0.128. The van der Waals surface area contributed by atoms with Gasteiger partial charge in [0.25, 0.3) is 5.91 Å². The quantitative estimate of drug-likeness (QED) is 0.768. The van der Waals surface area contributed by atoms with Gasteiger partial charge in [0, 0.05) is 18.7 Å². The summed E-state index contributed by atoms with van der Waals surface area (Å²) in [7, 11) is 0. The third-order valence-electron chi connectivity index (χ3n) is 5.62. The van der Waals surface area contributed by atoms with Gasteiger partial charge in [0.2, 0.25) is 5.91 Å². The summed E-state index contributed by atoms with van der Waals surface area (Å²) in [5.74, 6) is 0.542. The molecule has 5 heteroatoms. The zero-order valence-corrected chi connectivity index (χ0v) is 15.6. The van der Waals surface area contributed by atoms with E-state index in [1.165, 1.54) is 37.7 Å². The number of nitrogens with one attached hydrogen (secondary N) is 2. The van der Waals surface area contributed by atoms with Gasteiger partial charge in [-0.15, -0.1) is 0 Å². The molecule has 2 N–H and O–H groups in total. The van der Waals surface area contributed by atoms with Crippen molar-refractivity contribution in [3.63, 3.8) is 0 Å². The molecule has 1 aliphatic carbocycles. The third-order valence-corrected chi connectivity index (χ3v) is 5.62. The highest BCUT2D eigenvalue weighted by atomic mass is 16.2. The minimum Gasteiger partial charge on any atom is -0.362 e. The summed E-state index contributed by atoms with van der Waals surface area (Å²) in [5.41, 5.74) is 7.56. The zero-order valence-electron chi connectivity index (χ0n) is 15.6. The van der Waals surface area contributed by atoms with Crippen molar-refractivity contribution < 1.29 is 9.59 Å². The van der Waals surface area contributed by atoms with Gasteiger partial charge in [-0.3, -0.25) is 20.4 Å². The van der Waals surface area contributed by atoms with Crippen LogP contribution >= 0.6 is 0 Å². The van der Waals surface area contributed by atoms with Crippen LogP contribution in [0.2, 0.25) is 0 Å². The van der Waals surface area contributed by atoms with Crippen molar-refractivity contribution in [2.45, 2.75) is 64.2 Å². The second kappa shape index (κ2) is 9.60. The number of benzene rings is 1. The highest BCUT2D eigenvalue weighted by Crippen LogP contribution is 2.28. The van der Waals surface area contributed by atoms with Crippen LogP contribution in [0, 0.1) is 5.92 Å². The fourth-order valence-electron chi connectivity index (χ4n) is 4.22. The molecule has 2 aliphatic rings. The molecule has 1 aromatic carbocycles. The summed E-state index contributed by atoms with van der Waals surface area (Å²) < 4.78 is 0. The van der Waals surface area contributed by atoms with Crippen molar-refractivity contribution in [1.82, 2.24) is 10.9 Å². The highest BCUT2D eigenvalue weighted by Gasteiger charge is 2.19. The van der Waals surface area contributed by atoms with Gasteiger partial charge in [0.1, 0.15) is 0 Å². The Kier molecular flexibility index (Phi) is 6.92. The molecular weight excluding hydrogens is 326 g/mol. The third kappa shape index (κ3) is 5.48. The Labute approximate surface area is 156 Å². The van der Waals surface area contributed by atoms with Gasteiger partial charge in [0.05, 0.1) is 6.54 Å². The normalized spacial score (nSPS) is 17.5. The summed E-state index contributed by atoms with van der Waals surface area (Å²) in [5, 5.41) is 0. The van der Waals surface area contributed by atoms with Crippen LogP contribution < -0.4 is 15.8 Å². The van der Waals surface area contributed by atoms with E-state index in [0.717, 1.165) is 43.8 Å². The van der Waals surface area contributed by atoms with Crippen molar-refractivity contribution in [3.05, 3.63) is 29.8 Å². The first kappa shape index (κ1) is 18.7. The maximum Gasteiger partial charge on any atom is 0.257 e. The van der Waals surface area contributed by atoms with Gasteiger partial charge in [-0.25, -0.2) is 0 Å². The van der Waals surface area contributed by atoms with E-state index in [-0.39, 0.29) is 18.4 Å². The predicted octanol–water partition coefficient (Wildman–Crippen LogP) is 3.34. The molecule has 0 aromatic heterocycles. The second-order valence-corrected chi connectivity index (χ2v) is 7.65. The van der Waals surface area contributed by atoms with Gasteiger partial charge >= 0.3 is 0 Å². The van der Waals surface area contributed by atoms with E-state index >= 15 is 0 Å². The number of nitrogens with zero attached hydrogens (tertiary/aromatic N) is 1. The van der Waals surface area contributed by atoms with Crippen LogP contribution in [0.1, 0.15) is 63.4 Å². The Bertz CT molecular complexity index is 611. The van der Waals surface area contributed by atoms with Gasteiger partial charge in [-0.1, -0.05) is 50.3 Å². The number of anilines is 1. The van der Waals surface area contributed by atoms with Crippen LogP contribution in [0.15, 0.2) is 24.3 Å². The number of carbonyl (C=O) groups excluding carboxylic acids is 2. The average molecular weight is 357 g/mol. The topological polar surface area (TPSA) is 61.4 Å². The standard InChI is InChI=1S/C21H31N3O2/c25-20(14-6-10-17-8-2-1-3-9-17)22-23-21(26)16-24-15-7-12-18-11-4-5-13-19(18)24/h4-5,11,13,17H,1-3,6-10,12,14-16H2,(H,22,25)(H,23,26). The van der Waals surface area contributed by atoms with Crippen LogP contribution in [0.5, 0.6) is 0 Å². The lowest BCUT2D eigenvalue weighted by Crippen LogP contribution is -2.47. The molecule has 5 nitrogen and oxygen atoms in total. The Balaban J connectivity index is 1.34. The molecule has 1 aliphatic heterocycles. The average Bonchev–Trinajstić information content (AvgIpc) is 2.67. The minimum atomic E-state index is -0.165. The van der Waals surface area contributed by atoms with Crippen LogP contribution in [0.25, 0.3) is 0 Å². The summed E-state index contributed by atoms with van der Waals surface area (Å²) in [6.45, 7) is 1.15. The summed E-state index contributed by atoms with van der Waals surface area (Å²) in [4.78, 5) is 26.2. The first-order valence-electron chi connectivity index (χ1n) is 10.1. The Morgan fingerprint density at radius 2 is 1.77 bits per heavy atom. The van der Waals surface area contributed by atoms with Gasteiger partial charge in [-0.05, 0) is 43.2 Å². The number of carbonyl (C=O) groups is 2. The lowest BCUT2D eigenvalue weighted by Gasteiger charge is -2.30. The van der Waals surface area contributed by atoms with Crippen molar-refractivity contribution >= 4 is 17.5 Å². The molecule has 1 heterocycles. The molecule has 3 rings (SSSR count). The predicted molar refractivity (Wildman–Crippen MR) is 104 cm³/mol. The van der Waals surface area contributed by atoms with Gasteiger partial charge in [-0.2, -0.15) is 0 Å². The molecule has 0 radical (unpaired) electrons. The van der Waals surface area contributed by atoms with Gasteiger partial charge in [0.15, 0.2) is 0 Å². The lowest BCUT2D eigenvalue weighted by atomic mass is 9.86. The van der Waals surface area contributed by atoms with E-state index < -0.39 is 0 Å². The van der Waals surface area contributed by atoms with Crippen molar-refractivity contribution in [2.75, 3.05) is 18.0 Å². The molecule has 0 saturated heterocycles. The molecule has 142 valence electrons. The van der Waals surface area contributed by atoms with E-state index in [0.29, 0.717) is 6.42 Å². The molecule has 26 heavy (non-hydrogen) atoms. The summed E-state index contributed by atoms with van der Waals surface area (Å²) in [6.07, 6.45) is 11.3. The van der Waals surface area contributed by atoms with Crippen molar-refractivity contribution in [2.24, 2.45) is 5.92 Å². The van der Waals surface area contributed by atoms with Crippen LogP contribution in [0.4, 0.5) is 5.69 Å². The number of hydrogen-bond acceptors (Lipinski definition) is 3. The van der Waals surface area contributed by atoms with Crippen molar-refractivity contribution in [1.29, 1.82) is 0 Å². The highest BCUT2D eigenvalue weighted by molar-refractivity contribution is 5.85. The fourth-order valence-corrected chi connectivity index (χ4v) is 4.22. The number of aryl methyl sites for hydroxylation is 1. The molecule has 1 fully saturated rings. The first-order valence-corrected chi connectivity index (χ1v) is 10.1. The zero-order chi connectivity index (χ0) is 18.2. The molecule has 1 saturated carbocycles. The minimum absolute atomic E-state index is 0.0896. The molecule has 0 atom stereocenters. The SMILES string of the molecule is O=C(CCCC1CCCCC1)NNC(=O)CN1CCCc2ccccc21. The fraction of sp³-hybridized carbons (Fsp3) is 0.619. The Morgan fingerprint density at radius 3 is 2.62 bits per heavy atom. The first-order chi connectivity index (χ1) is 12.7. The van der Waals surface area contributed by atoms with E-state index in [2.05, 4.69) is 27.9 Å². The van der Waals surface area contributed by atoms with E-state index in [4.69, 9.17) is 0 Å². The smallest absolute Gasteiger partial charge is 0.257 e. The summed E-state index contributed by atoms with van der Waals surface area (Å²) >= 11 is 0. The number of hydrogen-bond donors (Lipinski definition) is 2. The number of amides is 2. The molecule has 0 spiro atoms. The van der Waals surface area contributed by atoms with Crippen LogP contribution in [0.3, 0.4) is 0 Å². The number of rotatable bonds is 6. The van der Waals surface area contributed by atoms with E-state index in [1.807, 2.05) is 12.1 Å². The number of para-hydroxylation sites is 1. The molecular formula is C21H31N3O2. The maximum atomic E-state index is 12.2. The molecule has 0 bridgehead atoms. The number of fused-ring (bicyclic) bond motifs is 1. The monoisotopic (exact) mass is 357 g/mol.